The molecular formula is C27H27NO3. The van der Waals surface area contributed by atoms with Crippen molar-refractivity contribution in [2.45, 2.75) is 32.6 Å². The minimum atomic E-state index is -0.464. The van der Waals surface area contributed by atoms with Gasteiger partial charge in [-0.2, -0.15) is 0 Å². The first-order chi connectivity index (χ1) is 14.8. The molecule has 1 atom stereocenters. The molecular weight excluding hydrogens is 386 g/mol. The summed E-state index contributed by atoms with van der Waals surface area (Å²) in [6.07, 6.45) is 0.173. The molecule has 1 heterocycles. The topological polar surface area (TPSA) is 46.6 Å². The van der Waals surface area contributed by atoms with E-state index in [-0.39, 0.29) is 23.7 Å². The molecule has 0 aromatic heterocycles. The van der Waals surface area contributed by atoms with Crippen LogP contribution < -0.4 is 9.64 Å². The summed E-state index contributed by atoms with van der Waals surface area (Å²) < 4.78 is 5.61. The highest BCUT2D eigenvalue weighted by molar-refractivity contribution is 5.99. The van der Waals surface area contributed by atoms with Crippen molar-refractivity contribution in [3.05, 3.63) is 95.6 Å². The Morgan fingerprint density at radius 1 is 0.935 bits per heavy atom. The number of benzene rings is 3. The van der Waals surface area contributed by atoms with Gasteiger partial charge in [-0.25, -0.2) is 0 Å². The Hall–Kier alpha value is -3.40. The second-order valence-electron chi connectivity index (χ2n) is 8.68. The smallest absolute Gasteiger partial charge is 0.316 e. The van der Waals surface area contributed by atoms with Gasteiger partial charge in [0, 0.05) is 24.1 Å². The zero-order valence-electron chi connectivity index (χ0n) is 18.2. The number of rotatable bonds is 5. The summed E-state index contributed by atoms with van der Waals surface area (Å²) >= 11 is 0. The number of carbonyl (C=O) groups excluding carboxylic acids is 2. The molecule has 1 fully saturated rings. The van der Waals surface area contributed by atoms with E-state index in [1.165, 1.54) is 5.56 Å². The molecule has 4 nitrogen and oxygen atoms in total. The average Bonchev–Trinajstić information content (AvgIpc) is 3.16. The number of nitrogens with zero attached hydrogens (tertiary/aromatic N) is 1. The van der Waals surface area contributed by atoms with E-state index in [4.69, 9.17) is 4.74 Å². The number of carbonyl (C=O) groups is 2. The third-order valence-electron chi connectivity index (χ3n) is 6.06. The van der Waals surface area contributed by atoms with Crippen LogP contribution in [-0.2, 0) is 15.0 Å². The number of hydrogen-bond acceptors (Lipinski definition) is 3. The highest BCUT2D eigenvalue weighted by Crippen LogP contribution is 2.33. The maximum atomic E-state index is 12.7. The van der Waals surface area contributed by atoms with E-state index >= 15 is 0 Å². The van der Waals surface area contributed by atoms with Gasteiger partial charge in [0.25, 0.3) is 0 Å². The Morgan fingerprint density at radius 3 is 2.29 bits per heavy atom. The van der Waals surface area contributed by atoms with Crippen LogP contribution in [0, 0.1) is 12.8 Å². The van der Waals surface area contributed by atoms with Crippen molar-refractivity contribution in [1.29, 1.82) is 0 Å². The number of ether oxygens (including phenoxy) is 1. The van der Waals surface area contributed by atoms with Crippen LogP contribution in [0.4, 0.5) is 5.69 Å². The van der Waals surface area contributed by atoms with Crippen LogP contribution in [0.3, 0.4) is 0 Å². The van der Waals surface area contributed by atoms with Crippen LogP contribution >= 0.6 is 0 Å². The maximum absolute atomic E-state index is 12.7. The fraction of sp³-hybridized carbons (Fsp3) is 0.259. The SMILES string of the molecule is Cc1cccc(N2C[C@@H](C(=O)Oc3ccc(C(C)(C)c4ccccc4)cc3)CC2=O)c1. The van der Waals surface area contributed by atoms with E-state index in [0.717, 1.165) is 16.8 Å². The van der Waals surface area contributed by atoms with Crippen LogP contribution in [0.5, 0.6) is 5.75 Å². The predicted molar refractivity (Wildman–Crippen MR) is 122 cm³/mol. The van der Waals surface area contributed by atoms with Crippen LogP contribution in [-0.4, -0.2) is 18.4 Å². The Labute approximate surface area is 183 Å². The van der Waals surface area contributed by atoms with E-state index in [1.54, 1.807) is 4.90 Å². The molecule has 1 aliphatic heterocycles. The van der Waals surface area contributed by atoms with Crippen LogP contribution in [0.15, 0.2) is 78.9 Å². The third kappa shape index (κ3) is 4.38. The van der Waals surface area contributed by atoms with Gasteiger partial charge in [-0.3, -0.25) is 9.59 Å². The molecule has 1 aliphatic rings. The predicted octanol–water partition coefficient (Wildman–Crippen LogP) is 5.28. The highest BCUT2D eigenvalue weighted by Gasteiger charge is 2.36. The van der Waals surface area contributed by atoms with Gasteiger partial charge in [0.1, 0.15) is 5.75 Å². The molecule has 3 aromatic carbocycles. The van der Waals surface area contributed by atoms with Crippen LogP contribution in [0.1, 0.15) is 37.0 Å². The van der Waals surface area contributed by atoms with Gasteiger partial charge >= 0.3 is 5.97 Å². The zero-order valence-corrected chi connectivity index (χ0v) is 18.2. The standard InChI is InChI=1S/C27H27NO3/c1-19-8-7-11-23(16-19)28-18-20(17-25(28)29)26(30)31-24-14-12-22(13-15-24)27(2,3)21-9-5-4-6-10-21/h4-16,20H,17-18H2,1-3H3/t20-/m0/s1. The third-order valence-corrected chi connectivity index (χ3v) is 6.06. The summed E-state index contributed by atoms with van der Waals surface area (Å²) in [6.45, 7) is 6.68. The number of amides is 1. The van der Waals surface area contributed by atoms with Gasteiger partial charge in [-0.05, 0) is 47.9 Å². The van der Waals surface area contributed by atoms with Gasteiger partial charge in [0.15, 0.2) is 0 Å². The number of esters is 1. The summed E-state index contributed by atoms with van der Waals surface area (Å²) in [4.78, 5) is 26.8. The van der Waals surface area contributed by atoms with Gasteiger partial charge in [0.2, 0.25) is 5.91 Å². The molecule has 0 saturated carbocycles. The molecule has 31 heavy (non-hydrogen) atoms. The van der Waals surface area contributed by atoms with Crippen molar-refractivity contribution < 1.29 is 14.3 Å². The minimum Gasteiger partial charge on any atom is -0.426 e. The van der Waals surface area contributed by atoms with Crippen molar-refractivity contribution in [3.63, 3.8) is 0 Å². The van der Waals surface area contributed by atoms with Gasteiger partial charge in [-0.15, -0.1) is 0 Å². The Bertz CT molecular complexity index is 1090. The second-order valence-corrected chi connectivity index (χ2v) is 8.68. The lowest BCUT2D eigenvalue weighted by Crippen LogP contribution is -2.27. The van der Waals surface area contributed by atoms with E-state index in [1.807, 2.05) is 73.7 Å². The van der Waals surface area contributed by atoms with Crippen molar-refractivity contribution in [2.24, 2.45) is 5.92 Å². The number of hydrogen-bond donors (Lipinski definition) is 0. The maximum Gasteiger partial charge on any atom is 0.316 e. The molecule has 0 spiro atoms. The van der Waals surface area contributed by atoms with Crippen molar-refractivity contribution >= 4 is 17.6 Å². The summed E-state index contributed by atoms with van der Waals surface area (Å²) in [5.41, 5.74) is 4.11. The minimum absolute atomic E-state index is 0.0486. The van der Waals surface area contributed by atoms with E-state index in [9.17, 15) is 9.59 Å². The van der Waals surface area contributed by atoms with E-state index < -0.39 is 5.92 Å². The van der Waals surface area contributed by atoms with Gasteiger partial charge in [-0.1, -0.05) is 68.4 Å². The van der Waals surface area contributed by atoms with Crippen LogP contribution in [0.2, 0.25) is 0 Å². The molecule has 3 aromatic rings. The molecule has 0 bridgehead atoms. The molecule has 158 valence electrons. The number of anilines is 1. The Kier molecular flexibility index (Phi) is 5.64. The normalized spacial score (nSPS) is 16.4. The molecule has 4 heteroatoms. The van der Waals surface area contributed by atoms with E-state index in [2.05, 4.69) is 26.0 Å². The summed E-state index contributed by atoms with van der Waals surface area (Å²) in [6, 6.07) is 25.7. The largest absolute Gasteiger partial charge is 0.426 e. The summed E-state index contributed by atoms with van der Waals surface area (Å²) in [7, 11) is 0. The molecule has 0 radical (unpaired) electrons. The highest BCUT2D eigenvalue weighted by atomic mass is 16.5. The Morgan fingerprint density at radius 2 is 1.61 bits per heavy atom. The molecule has 1 saturated heterocycles. The first-order valence-corrected chi connectivity index (χ1v) is 10.6. The lowest BCUT2D eigenvalue weighted by Gasteiger charge is -2.26. The fourth-order valence-electron chi connectivity index (χ4n) is 4.07. The number of aryl methyl sites for hydroxylation is 1. The van der Waals surface area contributed by atoms with Crippen molar-refractivity contribution in [2.75, 3.05) is 11.4 Å². The van der Waals surface area contributed by atoms with E-state index in [0.29, 0.717) is 12.3 Å². The lowest BCUT2D eigenvalue weighted by molar-refractivity contribution is -0.139. The monoisotopic (exact) mass is 413 g/mol. The Balaban J connectivity index is 1.43. The lowest BCUT2D eigenvalue weighted by atomic mass is 9.78. The van der Waals surface area contributed by atoms with Gasteiger partial charge < -0.3 is 9.64 Å². The zero-order chi connectivity index (χ0) is 22.0. The summed E-state index contributed by atoms with van der Waals surface area (Å²) in [5.74, 6) is -0.376. The molecule has 4 rings (SSSR count). The first kappa shape index (κ1) is 20.9. The van der Waals surface area contributed by atoms with Gasteiger partial charge in [0.05, 0.1) is 5.92 Å². The van der Waals surface area contributed by atoms with Crippen molar-refractivity contribution in [3.8, 4) is 5.75 Å². The fourth-order valence-corrected chi connectivity index (χ4v) is 4.07. The summed E-state index contributed by atoms with van der Waals surface area (Å²) in [5, 5.41) is 0. The van der Waals surface area contributed by atoms with Crippen molar-refractivity contribution in [1.82, 2.24) is 0 Å². The second kappa shape index (κ2) is 8.38. The quantitative estimate of drug-likeness (QED) is 0.422. The first-order valence-electron chi connectivity index (χ1n) is 10.6. The average molecular weight is 414 g/mol. The molecule has 0 aliphatic carbocycles. The molecule has 0 N–H and O–H groups in total. The molecule has 1 amide bonds. The van der Waals surface area contributed by atoms with Crippen LogP contribution in [0.25, 0.3) is 0 Å². The molecule has 0 unspecified atom stereocenters.